The molecule has 1 fully saturated rings. The number of anilines is 1. The highest BCUT2D eigenvalue weighted by atomic mass is 19.4. The minimum atomic E-state index is -4.38. The van der Waals surface area contributed by atoms with Crippen LogP contribution >= 0.6 is 0 Å². The Hall–Kier alpha value is -1.30. The molecule has 1 aromatic heterocycles. The van der Waals surface area contributed by atoms with Crippen molar-refractivity contribution in [3.63, 3.8) is 0 Å². The molecule has 1 N–H and O–H groups in total. The lowest BCUT2D eigenvalue weighted by molar-refractivity contribution is -0.141. The lowest BCUT2D eigenvalue weighted by atomic mass is 10.1. The van der Waals surface area contributed by atoms with Crippen LogP contribution in [-0.2, 0) is 6.18 Å². The van der Waals surface area contributed by atoms with Crippen LogP contribution < -0.4 is 10.2 Å². The molecule has 18 heavy (non-hydrogen) atoms. The van der Waals surface area contributed by atoms with Crippen molar-refractivity contribution in [2.75, 3.05) is 25.0 Å². The van der Waals surface area contributed by atoms with E-state index >= 15 is 0 Å². The van der Waals surface area contributed by atoms with E-state index in [1.54, 1.807) is 6.07 Å². The summed E-state index contributed by atoms with van der Waals surface area (Å²) in [6.45, 7) is 1.53. The van der Waals surface area contributed by atoms with Crippen LogP contribution in [-0.4, -0.2) is 31.2 Å². The summed E-state index contributed by atoms with van der Waals surface area (Å²) >= 11 is 0. The van der Waals surface area contributed by atoms with Gasteiger partial charge in [-0.3, -0.25) is 4.98 Å². The average molecular weight is 259 g/mol. The maximum Gasteiger partial charge on any atom is 0.433 e. The first-order valence-electron chi connectivity index (χ1n) is 5.96. The first-order valence-corrected chi connectivity index (χ1v) is 5.96. The molecular weight excluding hydrogens is 243 g/mol. The topological polar surface area (TPSA) is 28.2 Å². The molecule has 2 heterocycles. The molecular formula is C12H16F3N3. The monoisotopic (exact) mass is 259 g/mol. The number of nitrogens with one attached hydrogen (secondary N) is 1. The lowest BCUT2D eigenvalue weighted by Gasteiger charge is -2.34. The van der Waals surface area contributed by atoms with Crippen LogP contribution in [0.2, 0.25) is 0 Å². The Labute approximate surface area is 104 Å². The molecule has 0 saturated carbocycles. The Balaban J connectivity index is 2.18. The standard InChI is InChI=1S/C12H16F3N3/c1-16-9-3-2-6-18(8-9)10-4-5-17-11(7-10)12(13,14)15/h4-5,7,9,16H,2-3,6,8H2,1H3. The Bertz CT molecular complexity index is 406. The number of hydrogen-bond donors (Lipinski definition) is 1. The van der Waals surface area contributed by atoms with Crippen LogP contribution in [0.1, 0.15) is 18.5 Å². The van der Waals surface area contributed by atoms with Gasteiger partial charge in [0.2, 0.25) is 0 Å². The summed E-state index contributed by atoms with van der Waals surface area (Å²) in [5.41, 5.74) is -0.233. The van der Waals surface area contributed by atoms with Crippen molar-refractivity contribution in [3.05, 3.63) is 24.0 Å². The van der Waals surface area contributed by atoms with Crippen LogP contribution in [0, 0.1) is 0 Å². The summed E-state index contributed by atoms with van der Waals surface area (Å²) in [6, 6.07) is 3.09. The van der Waals surface area contributed by atoms with Gasteiger partial charge in [0.25, 0.3) is 0 Å². The third-order valence-electron chi connectivity index (χ3n) is 3.23. The molecule has 0 aliphatic carbocycles. The molecule has 1 atom stereocenters. The zero-order chi connectivity index (χ0) is 13.2. The molecule has 0 aromatic carbocycles. The summed E-state index contributed by atoms with van der Waals surface area (Å²) in [5, 5.41) is 3.17. The molecule has 1 unspecified atom stereocenters. The predicted octanol–water partition coefficient (Wildman–Crippen LogP) is 2.29. The van der Waals surface area contributed by atoms with E-state index in [9.17, 15) is 13.2 Å². The molecule has 0 amide bonds. The summed E-state index contributed by atoms with van der Waals surface area (Å²) in [5.74, 6) is 0. The number of rotatable bonds is 2. The smallest absolute Gasteiger partial charge is 0.370 e. The van der Waals surface area contributed by atoms with E-state index in [0.29, 0.717) is 11.7 Å². The van der Waals surface area contributed by atoms with Gasteiger partial charge in [-0.2, -0.15) is 13.2 Å². The van der Waals surface area contributed by atoms with Crippen molar-refractivity contribution in [1.82, 2.24) is 10.3 Å². The number of hydrogen-bond acceptors (Lipinski definition) is 3. The van der Waals surface area contributed by atoms with Crippen LogP contribution in [0.25, 0.3) is 0 Å². The van der Waals surface area contributed by atoms with Crippen molar-refractivity contribution in [3.8, 4) is 0 Å². The van der Waals surface area contributed by atoms with E-state index in [1.165, 1.54) is 6.20 Å². The maximum absolute atomic E-state index is 12.6. The first-order chi connectivity index (χ1) is 8.50. The highest BCUT2D eigenvalue weighted by Gasteiger charge is 2.33. The minimum absolute atomic E-state index is 0.334. The van der Waals surface area contributed by atoms with Gasteiger partial charge in [0.15, 0.2) is 0 Å². The highest BCUT2D eigenvalue weighted by Crippen LogP contribution is 2.30. The van der Waals surface area contributed by atoms with Gasteiger partial charge in [-0.1, -0.05) is 0 Å². The van der Waals surface area contributed by atoms with E-state index in [-0.39, 0.29) is 0 Å². The van der Waals surface area contributed by atoms with E-state index in [1.807, 2.05) is 11.9 Å². The number of aromatic nitrogens is 1. The van der Waals surface area contributed by atoms with Crippen LogP contribution in [0.15, 0.2) is 18.3 Å². The predicted molar refractivity (Wildman–Crippen MR) is 63.5 cm³/mol. The van der Waals surface area contributed by atoms with Gasteiger partial charge in [0, 0.05) is 31.0 Å². The molecule has 6 heteroatoms. The number of pyridine rings is 1. The SMILES string of the molecule is CNC1CCCN(c2ccnc(C(F)(F)F)c2)C1. The molecule has 0 radical (unpaired) electrons. The van der Waals surface area contributed by atoms with Gasteiger partial charge in [0.1, 0.15) is 5.69 Å². The molecule has 1 saturated heterocycles. The summed E-state index contributed by atoms with van der Waals surface area (Å²) < 4.78 is 37.8. The summed E-state index contributed by atoms with van der Waals surface area (Å²) in [6.07, 6.45) is -1.12. The van der Waals surface area contributed by atoms with E-state index in [4.69, 9.17) is 0 Å². The second kappa shape index (κ2) is 5.14. The van der Waals surface area contributed by atoms with E-state index < -0.39 is 11.9 Å². The molecule has 0 spiro atoms. The fraction of sp³-hybridized carbons (Fsp3) is 0.583. The van der Waals surface area contributed by atoms with Crippen LogP contribution in [0.4, 0.5) is 18.9 Å². The molecule has 1 aliphatic heterocycles. The molecule has 0 bridgehead atoms. The maximum atomic E-state index is 12.6. The zero-order valence-corrected chi connectivity index (χ0v) is 10.2. The molecule has 1 aromatic rings. The molecule has 1 aliphatic rings. The minimum Gasteiger partial charge on any atom is -0.370 e. The number of likely N-dealkylation sites (N-methyl/N-ethyl adjacent to an activating group) is 1. The van der Waals surface area contributed by atoms with Crippen molar-refractivity contribution in [2.45, 2.75) is 25.1 Å². The lowest BCUT2D eigenvalue weighted by Crippen LogP contribution is -2.44. The van der Waals surface area contributed by atoms with E-state index in [0.717, 1.165) is 32.0 Å². The second-order valence-corrected chi connectivity index (χ2v) is 4.47. The normalized spacial score (nSPS) is 21.1. The Kier molecular flexibility index (Phi) is 3.75. The number of piperidine rings is 1. The van der Waals surface area contributed by atoms with Gasteiger partial charge in [-0.15, -0.1) is 0 Å². The fourth-order valence-electron chi connectivity index (χ4n) is 2.22. The van der Waals surface area contributed by atoms with Gasteiger partial charge in [0.05, 0.1) is 0 Å². The summed E-state index contributed by atoms with van der Waals surface area (Å²) in [4.78, 5) is 5.35. The van der Waals surface area contributed by atoms with Crippen LogP contribution in [0.3, 0.4) is 0 Å². The van der Waals surface area contributed by atoms with Gasteiger partial charge < -0.3 is 10.2 Å². The van der Waals surface area contributed by atoms with Gasteiger partial charge in [-0.05, 0) is 32.0 Å². The number of nitrogens with zero attached hydrogens (tertiary/aromatic N) is 2. The number of halogens is 3. The molecule has 2 rings (SSSR count). The first kappa shape index (κ1) is 13.1. The summed E-state index contributed by atoms with van der Waals surface area (Å²) in [7, 11) is 1.88. The Morgan fingerprint density at radius 3 is 2.89 bits per heavy atom. The van der Waals surface area contributed by atoms with Gasteiger partial charge >= 0.3 is 6.18 Å². The van der Waals surface area contributed by atoms with Gasteiger partial charge in [-0.25, -0.2) is 0 Å². The third-order valence-corrected chi connectivity index (χ3v) is 3.23. The average Bonchev–Trinajstić information content (AvgIpc) is 2.38. The highest BCUT2D eigenvalue weighted by molar-refractivity contribution is 5.47. The second-order valence-electron chi connectivity index (χ2n) is 4.47. The van der Waals surface area contributed by atoms with Crippen LogP contribution in [0.5, 0.6) is 0 Å². The van der Waals surface area contributed by atoms with Crippen molar-refractivity contribution in [2.24, 2.45) is 0 Å². The quantitative estimate of drug-likeness (QED) is 0.883. The van der Waals surface area contributed by atoms with Crippen molar-refractivity contribution >= 4 is 5.69 Å². The van der Waals surface area contributed by atoms with Crippen molar-refractivity contribution in [1.29, 1.82) is 0 Å². The fourth-order valence-corrected chi connectivity index (χ4v) is 2.22. The zero-order valence-electron chi connectivity index (χ0n) is 10.2. The Morgan fingerprint density at radius 1 is 1.44 bits per heavy atom. The van der Waals surface area contributed by atoms with Crippen molar-refractivity contribution < 1.29 is 13.2 Å². The Morgan fingerprint density at radius 2 is 2.22 bits per heavy atom. The molecule has 100 valence electrons. The van der Waals surface area contributed by atoms with E-state index in [2.05, 4.69) is 10.3 Å². The number of alkyl halides is 3. The third kappa shape index (κ3) is 2.93. The largest absolute Gasteiger partial charge is 0.433 e. The molecule has 3 nitrogen and oxygen atoms in total.